The number of ether oxygens (including phenoxy) is 1. The van der Waals surface area contributed by atoms with Gasteiger partial charge in [-0.05, 0) is 43.3 Å². The SMILES string of the molecule is COc1ccc(Cl)cc1NC(=O)c1cccc(Nc2cc(-c3ccccc3)nc(C)n2)c1. The van der Waals surface area contributed by atoms with Gasteiger partial charge < -0.3 is 15.4 Å². The van der Waals surface area contributed by atoms with Crippen molar-refractivity contribution >= 4 is 34.7 Å². The quantitative estimate of drug-likeness (QED) is 0.375. The van der Waals surface area contributed by atoms with E-state index in [4.69, 9.17) is 16.3 Å². The highest BCUT2D eigenvalue weighted by molar-refractivity contribution is 6.31. The lowest BCUT2D eigenvalue weighted by atomic mass is 10.1. The molecule has 1 heterocycles. The van der Waals surface area contributed by atoms with Crippen LogP contribution in [0.1, 0.15) is 16.2 Å². The highest BCUT2D eigenvalue weighted by Gasteiger charge is 2.12. The minimum absolute atomic E-state index is 0.280. The molecule has 0 saturated carbocycles. The molecule has 0 spiro atoms. The molecule has 4 rings (SSSR count). The van der Waals surface area contributed by atoms with Crippen LogP contribution in [0.15, 0.2) is 78.9 Å². The number of methoxy groups -OCH3 is 1. The summed E-state index contributed by atoms with van der Waals surface area (Å²) in [5.41, 5.74) is 3.54. The molecule has 2 N–H and O–H groups in total. The smallest absolute Gasteiger partial charge is 0.255 e. The Morgan fingerprint density at radius 1 is 0.938 bits per heavy atom. The predicted molar refractivity (Wildman–Crippen MR) is 128 cm³/mol. The molecule has 0 bridgehead atoms. The molecule has 1 aromatic heterocycles. The highest BCUT2D eigenvalue weighted by Crippen LogP contribution is 2.28. The van der Waals surface area contributed by atoms with Crippen molar-refractivity contribution in [3.05, 3.63) is 95.3 Å². The van der Waals surface area contributed by atoms with E-state index < -0.39 is 0 Å². The third-order valence-electron chi connectivity index (χ3n) is 4.71. The van der Waals surface area contributed by atoms with E-state index >= 15 is 0 Å². The second-order valence-electron chi connectivity index (χ2n) is 7.06. The number of aromatic nitrogens is 2. The number of benzene rings is 3. The first kappa shape index (κ1) is 21.3. The van der Waals surface area contributed by atoms with E-state index in [9.17, 15) is 4.79 Å². The number of aryl methyl sites for hydroxylation is 1. The van der Waals surface area contributed by atoms with E-state index in [2.05, 4.69) is 20.6 Å². The molecule has 0 aliphatic heterocycles. The van der Waals surface area contributed by atoms with Gasteiger partial charge in [0.2, 0.25) is 0 Å². The van der Waals surface area contributed by atoms with Crippen LogP contribution >= 0.6 is 11.6 Å². The standard InChI is InChI=1S/C25H21ClN4O2/c1-16-27-21(17-7-4-3-5-8-17)15-24(28-16)29-20-10-6-9-18(13-20)25(31)30-22-14-19(26)11-12-23(22)32-2/h3-15H,1-2H3,(H,30,31)(H,27,28,29). The first-order valence-corrected chi connectivity index (χ1v) is 10.3. The van der Waals surface area contributed by atoms with E-state index in [1.54, 1.807) is 36.4 Å². The van der Waals surface area contributed by atoms with Gasteiger partial charge in [-0.1, -0.05) is 48.0 Å². The summed E-state index contributed by atoms with van der Waals surface area (Å²) in [6.07, 6.45) is 0. The van der Waals surface area contributed by atoms with E-state index in [0.717, 1.165) is 16.9 Å². The van der Waals surface area contributed by atoms with Gasteiger partial charge in [0.15, 0.2) is 0 Å². The largest absolute Gasteiger partial charge is 0.495 e. The van der Waals surface area contributed by atoms with E-state index in [0.29, 0.717) is 33.7 Å². The lowest BCUT2D eigenvalue weighted by molar-refractivity contribution is 0.102. The van der Waals surface area contributed by atoms with Gasteiger partial charge >= 0.3 is 0 Å². The van der Waals surface area contributed by atoms with Gasteiger partial charge in [0, 0.05) is 27.9 Å². The number of halogens is 1. The fourth-order valence-corrected chi connectivity index (χ4v) is 3.42. The molecule has 0 aliphatic carbocycles. The number of amides is 1. The van der Waals surface area contributed by atoms with Gasteiger partial charge in [0.1, 0.15) is 17.4 Å². The molecule has 6 nitrogen and oxygen atoms in total. The van der Waals surface area contributed by atoms with Crippen LogP contribution in [0.3, 0.4) is 0 Å². The maximum atomic E-state index is 12.8. The van der Waals surface area contributed by atoms with E-state index in [-0.39, 0.29) is 5.91 Å². The normalized spacial score (nSPS) is 10.5. The van der Waals surface area contributed by atoms with Gasteiger partial charge in [0.05, 0.1) is 18.5 Å². The number of hydrogen-bond acceptors (Lipinski definition) is 5. The van der Waals surface area contributed by atoms with Crippen molar-refractivity contribution < 1.29 is 9.53 Å². The Morgan fingerprint density at radius 3 is 2.53 bits per heavy atom. The first-order chi connectivity index (χ1) is 15.5. The lowest BCUT2D eigenvalue weighted by Gasteiger charge is -2.12. The Labute approximate surface area is 191 Å². The molecule has 0 fully saturated rings. The average Bonchev–Trinajstić information content (AvgIpc) is 2.79. The molecule has 0 atom stereocenters. The third-order valence-corrected chi connectivity index (χ3v) is 4.95. The molecule has 4 aromatic rings. The zero-order valence-corrected chi connectivity index (χ0v) is 18.4. The van der Waals surface area contributed by atoms with Crippen molar-refractivity contribution in [1.29, 1.82) is 0 Å². The van der Waals surface area contributed by atoms with Crippen molar-refractivity contribution in [2.24, 2.45) is 0 Å². The summed E-state index contributed by atoms with van der Waals surface area (Å²) in [4.78, 5) is 21.8. The van der Waals surface area contributed by atoms with E-state index in [1.807, 2.05) is 49.4 Å². The molecule has 7 heteroatoms. The second kappa shape index (κ2) is 9.49. The van der Waals surface area contributed by atoms with Crippen LogP contribution in [0, 0.1) is 6.92 Å². The molecule has 0 radical (unpaired) electrons. The number of nitrogens with one attached hydrogen (secondary N) is 2. The summed E-state index contributed by atoms with van der Waals surface area (Å²) in [6, 6.07) is 24.0. The van der Waals surface area contributed by atoms with Gasteiger partial charge in [-0.15, -0.1) is 0 Å². The molecule has 0 aliphatic rings. The van der Waals surface area contributed by atoms with Crippen molar-refractivity contribution in [3.8, 4) is 17.0 Å². The molecule has 0 saturated heterocycles. The Bertz CT molecular complexity index is 1260. The summed E-state index contributed by atoms with van der Waals surface area (Å²) < 4.78 is 5.30. The Kier molecular flexibility index (Phi) is 6.33. The molecule has 32 heavy (non-hydrogen) atoms. The minimum Gasteiger partial charge on any atom is -0.495 e. The topological polar surface area (TPSA) is 76.1 Å². The van der Waals surface area contributed by atoms with Crippen molar-refractivity contribution in [2.75, 3.05) is 17.7 Å². The Balaban J connectivity index is 1.56. The van der Waals surface area contributed by atoms with Gasteiger partial charge in [-0.3, -0.25) is 4.79 Å². The fourth-order valence-electron chi connectivity index (χ4n) is 3.25. The van der Waals surface area contributed by atoms with Crippen molar-refractivity contribution in [3.63, 3.8) is 0 Å². The van der Waals surface area contributed by atoms with Crippen LogP contribution in [-0.2, 0) is 0 Å². The van der Waals surface area contributed by atoms with Crippen LogP contribution in [0.5, 0.6) is 5.75 Å². The summed E-state index contributed by atoms with van der Waals surface area (Å²) >= 11 is 6.06. The van der Waals surface area contributed by atoms with Gasteiger partial charge in [-0.25, -0.2) is 9.97 Å². The Morgan fingerprint density at radius 2 is 1.75 bits per heavy atom. The maximum absolute atomic E-state index is 12.8. The highest BCUT2D eigenvalue weighted by atomic mass is 35.5. The van der Waals surface area contributed by atoms with E-state index in [1.165, 1.54) is 7.11 Å². The fraction of sp³-hybridized carbons (Fsp3) is 0.0800. The van der Waals surface area contributed by atoms with Crippen LogP contribution in [0.4, 0.5) is 17.2 Å². The summed E-state index contributed by atoms with van der Waals surface area (Å²) in [5, 5.41) is 6.62. The number of carbonyl (C=O) groups excluding carboxylic acids is 1. The molecule has 1 amide bonds. The monoisotopic (exact) mass is 444 g/mol. The van der Waals surface area contributed by atoms with Crippen LogP contribution in [0.25, 0.3) is 11.3 Å². The number of carbonyl (C=O) groups is 1. The number of hydrogen-bond donors (Lipinski definition) is 2. The van der Waals surface area contributed by atoms with Crippen LogP contribution < -0.4 is 15.4 Å². The molecule has 3 aromatic carbocycles. The zero-order chi connectivity index (χ0) is 22.5. The van der Waals surface area contributed by atoms with Crippen molar-refractivity contribution in [1.82, 2.24) is 9.97 Å². The summed E-state index contributed by atoms with van der Waals surface area (Å²) in [6.45, 7) is 1.85. The molecular weight excluding hydrogens is 424 g/mol. The van der Waals surface area contributed by atoms with Gasteiger partial charge in [-0.2, -0.15) is 0 Å². The molecule has 0 unspecified atom stereocenters. The van der Waals surface area contributed by atoms with Crippen molar-refractivity contribution in [2.45, 2.75) is 6.92 Å². The minimum atomic E-state index is -0.280. The molecular formula is C25H21ClN4O2. The lowest BCUT2D eigenvalue weighted by Crippen LogP contribution is -2.13. The maximum Gasteiger partial charge on any atom is 0.255 e. The number of rotatable bonds is 6. The summed E-state index contributed by atoms with van der Waals surface area (Å²) in [7, 11) is 1.54. The first-order valence-electron chi connectivity index (χ1n) is 9.95. The Hall–Kier alpha value is -3.90. The number of anilines is 3. The third kappa shape index (κ3) is 5.04. The predicted octanol–water partition coefficient (Wildman–Crippen LogP) is 6.11. The number of nitrogens with zero attached hydrogens (tertiary/aromatic N) is 2. The van der Waals surface area contributed by atoms with Crippen LogP contribution in [0.2, 0.25) is 5.02 Å². The average molecular weight is 445 g/mol. The van der Waals surface area contributed by atoms with Crippen LogP contribution in [-0.4, -0.2) is 23.0 Å². The second-order valence-corrected chi connectivity index (χ2v) is 7.49. The summed E-state index contributed by atoms with van der Waals surface area (Å²) in [5.74, 6) is 1.54. The molecule has 160 valence electrons. The van der Waals surface area contributed by atoms with Gasteiger partial charge in [0.25, 0.3) is 5.91 Å². The zero-order valence-electron chi connectivity index (χ0n) is 17.6.